The molecule has 1 aromatic carbocycles. The largest absolute Gasteiger partial charge is 0.492 e. The molecule has 2 N–H and O–H groups in total. The molecule has 0 saturated carbocycles. The van der Waals surface area contributed by atoms with Crippen molar-refractivity contribution in [3.8, 4) is 5.75 Å². The van der Waals surface area contributed by atoms with Gasteiger partial charge in [0.05, 0.1) is 18.8 Å². The van der Waals surface area contributed by atoms with Crippen LogP contribution in [0.15, 0.2) is 33.8 Å². The van der Waals surface area contributed by atoms with Crippen LogP contribution in [0.5, 0.6) is 5.75 Å². The van der Waals surface area contributed by atoms with Crippen LogP contribution in [0.2, 0.25) is 0 Å². The van der Waals surface area contributed by atoms with Crippen LogP contribution in [-0.4, -0.2) is 31.3 Å². The number of aliphatic imine (C=N–C) groups is 1. The molecule has 0 fully saturated rings. The molecule has 0 amide bonds. The van der Waals surface area contributed by atoms with Crippen molar-refractivity contribution in [2.24, 2.45) is 4.99 Å². The fourth-order valence-corrected chi connectivity index (χ4v) is 2.43. The van der Waals surface area contributed by atoms with Gasteiger partial charge in [-0.1, -0.05) is 25.1 Å². The molecule has 1 aromatic heterocycles. The Kier molecular flexibility index (Phi) is 6.86. The molecule has 6 heteroatoms. The summed E-state index contributed by atoms with van der Waals surface area (Å²) in [5, 5.41) is 10.5. The standard InChI is InChI=1S/C19H28N4O2/c1-13(2)18-11-17(25-23-18)12-22-19(20-5)21-6-7-24-16-9-14(3)8-15(4)10-16/h8-11,13H,6-7,12H2,1-5H3,(H2,20,21,22). The van der Waals surface area contributed by atoms with E-state index in [0.717, 1.165) is 17.2 Å². The number of guanidine groups is 1. The van der Waals surface area contributed by atoms with Gasteiger partial charge in [0.2, 0.25) is 0 Å². The predicted octanol–water partition coefficient (Wildman–Crippen LogP) is 3.16. The summed E-state index contributed by atoms with van der Waals surface area (Å²) in [6.45, 7) is 10.1. The van der Waals surface area contributed by atoms with Gasteiger partial charge >= 0.3 is 0 Å². The van der Waals surface area contributed by atoms with E-state index in [1.54, 1.807) is 7.05 Å². The highest BCUT2D eigenvalue weighted by atomic mass is 16.5. The van der Waals surface area contributed by atoms with Gasteiger partial charge in [0.1, 0.15) is 12.4 Å². The lowest BCUT2D eigenvalue weighted by Crippen LogP contribution is -2.38. The highest BCUT2D eigenvalue weighted by molar-refractivity contribution is 5.79. The van der Waals surface area contributed by atoms with E-state index in [1.165, 1.54) is 11.1 Å². The number of aromatic nitrogens is 1. The Bertz CT molecular complexity index is 687. The molecule has 0 aliphatic carbocycles. The molecular formula is C19H28N4O2. The van der Waals surface area contributed by atoms with E-state index in [1.807, 2.05) is 18.2 Å². The van der Waals surface area contributed by atoms with Gasteiger partial charge < -0.3 is 19.9 Å². The highest BCUT2D eigenvalue weighted by Gasteiger charge is 2.08. The van der Waals surface area contributed by atoms with E-state index in [0.29, 0.717) is 31.6 Å². The first-order valence-electron chi connectivity index (χ1n) is 8.59. The van der Waals surface area contributed by atoms with Crippen LogP contribution in [0, 0.1) is 13.8 Å². The third-order valence-corrected chi connectivity index (χ3v) is 3.68. The zero-order chi connectivity index (χ0) is 18.2. The lowest BCUT2D eigenvalue weighted by molar-refractivity contribution is 0.321. The van der Waals surface area contributed by atoms with Crippen LogP contribution in [0.25, 0.3) is 0 Å². The zero-order valence-corrected chi connectivity index (χ0v) is 15.7. The van der Waals surface area contributed by atoms with Crippen molar-refractivity contribution in [2.45, 2.75) is 40.2 Å². The van der Waals surface area contributed by atoms with Gasteiger partial charge in [-0.3, -0.25) is 4.99 Å². The van der Waals surface area contributed by atoms with Gasteiger partial charge in [-0.2, -0.15) is 0 Å². The molecular weight excluding hydrogens is 316 g/mol. The third kappa shape index (κ3) is 6.14. The van der Waals surface area contributed by atoms with Crippen LogP contribution >= 0.6 is 0 Å². The molecule has 0 aliphatic rings. The average molecular weight is 344 g/mol. The first-order chi connectivity index (χ1) is 12.0. The van der Waals surface area contributed by atoms with Gasteiger partial charge in [-0.15, -0.1) is 0 Å². The third-order valence-electron chi connectivity index (χ3n) is 3.68. The predicted molar refractivity (Wildman–Crippen MR) is 100 cm³/mol. The lowest BCUT2D eigenvalue weighted by Gasteiger charge is -2.12. The average Bonchev–Trinajstić information content (AvgIpc) is 3.02. The maximum Gasteiger partial charge on any atom is 0.191 e. The second-order valence-electron chi connectivity index (χ2n) is 6.40. The SMILES string of the molecule is CN=C(NCCOc1cc(C)cc(C)c1)NCc1cc(C(C)C)no1. The molecule has 136 valence electrons. The van der Waals surface area contributed by atoms with E-state index in [4.69, 9.17) is 9.26 Å². The van der Waals surface area contributed by atoms with Crippen LogP contribution in [0.1, 0.15) is 42.3 Å². The van der Waals surface area contributed by atoms with Gasteiger partial charge in [0.15, 0.2) is 11.7 Å². The summed E-state index contributed by atoms with van der Waals surface area (Å²) in [4.78, 5) is 4.19. The smallest absolute Gasteiger partial charge is 0.191 e. The lowest BCUT2D eigenvalue weighted by atomic mass is 10.1. The number of hydrogen-bond donors (Lipinski definition) is 2. The van der Waals surface area contributed by atoms with Crippen molar-refractivity contribution >= 4 is 5.96 Å². The minimum Gasteiger partial charge on any atom is -0.492 e. The van der Waals surface area contributed by atoms with Gasteiger partial charge in [0.25, 0.3) is 0 Å². The Hall–Kier alpha value is -2.50. The summed E-state index contributed by atoms with van der Waals surface area (Å²) in [5.41, 5.74) is 3.36. The summed E-state index contributed by atoms with van der Waals surface area (Å²) in [6, 6.07) is 8.17. The molecule has 25 heavy (non-hydrogen) atoms. The Morgan fingerprint density at radius 1 is 1.16 bits per heavy atom. The molecule has 1 heterocycles. The van der Waals surface area contributed by atoms with E-state index >= 15 is 0 Å². The van der Waals surface area contributed by atoms with Crippen molar-refractivity contribution < 1.29 is 9.26 Å². The summed E-state index contributed by atoms with van der Waals surface area (Å²) < 4.78 is 11.1. The minimum atomic E-state index is 0.359. The molecule has 0 spiro atoms. The number of ether oxygens (including phenoxy) is 1. The first-order valence-corrected chi connectivity index (χ1v) is 8.59. The van der Waals surface area contributed by atoms with Crippen molar-refractivity contribution in [2.75, 3.05) is 20.2 Å². The maximum atomic E-state index is 5.78. The zero-order valence-electron chi connectivity index (χ0n) is 15.7. The van der Waals surface area contributed by atoms with E-state index in [9.17, 15) is 0 Å². The number of nitrogens with one attached hydrogen (secondary N) is 2. The summed E-state index contributed by atoms with van der Waals surface area (Å²) in [5.74, 6) is 2.74. The Morgan fingerprint density at radius 3 is 2.48 bits per heavy atom. The fourth-order valence-electron chi connectivity index (χ4n) is 2.43. The first kappa shape index (κ1) is 18.8. The molecule has 0 radical (unpaired) electrons. The fraction of sp³-hybridized carbons (Fsp3) is 0.474. The normalized spacial score (nSPS) is 11.7. The molecule has 0 bridgehead atoms. The van der Waals surface area contributed by atoms with Gasteiger partial charge in [-0.25, -0.2) is 0 Å². The van der Waals surface area contributed by atoms with Crippen molar-refractivity contribution in [3.63, 3.8) is 0 Å². The number of hydrogen-bond acceptors (Lipinski definition) is 4. The Balaban J connectivity index is 1.72. The molecule has 0 atom stereocenters. The van der Waals surface area contributed by atoms with E-state index in [-0.39, 0.29) is 0 Å². The van der Waals surface area contributed by atoms with E-state index < -0.39 is 0 Å². The maximum absolute atomic E-state index is 5.78. The molecule has 2 rings (SSSR count). The molecule has 0 aliphatic heterocycles. The molecule has 0 saturated heterocycles. The van der Waals surface area contributed by atoms with Crippen LogP contribution in [-0.2, 0) is 6.54 Å². The van der Waals surface area contributed by atoms with Crippen molar-refractivity contribution in [1.82, 2.24) is 15.8 Å². The number of nitrogens with zero attached hydrogens (tertiary/aromatic N) is 2. The Morgan fingerprint density at radius 2 is 1.88 bits per heavy atom. The Labute approximate surface area is 149 Å². The molecule has 2 aromatic rings. The van der Waals surface area contributed by atoms with Crippen LogP contribution < -0.4 is 15.4 Å². The van der Waals surface area contributed by atoms with Gasteiger partial charge in [-0.05, 0) is 43.0 Å². The number of rotatable bonds is 7. The molecule has 6 nitrogen and oxygen atoms in total. The van der Waals surface area contributed by atoms with Crippen molar-refractivity contribution in [3.05, 3.63) is 46.8 Å². The second-order valence-corrected chi connectivity index (χ2v) is 6.40. The highest BCUT2D eigenvalue weighted by Crippen LogP contribution is 2.16. The van der Waals surface area contributed by atoms with Crippen LogP contribution in [0.3, 0.4) is 0 Å². The summed E-state index contributed by atoms with van der Waals surface area (Å²) >= 11 is 0. The van der Waals surface area contributed by atoms with Crippen molar-refractivity contribution in [1.29, 1.82) is 0 Å². The van der Waals surface area contributed by atoms with Gasteiger partial charge in [0, 0.05) is 13.1 Å². The minimum absolute atomic E-state index is 0.359. The molecule has 0 unspecified atom stereocenters. The number of benzene rings is 1. The summed E-state index contributed by atoms with van der Waals surface area (Å²) in [6.07, 6.45) is 0. The number of aryl methyl sites for hydroxylation is 2. The monoisotopic (exact) mass is 344 g/mol. The quantitative estimate of drug-likeness (QED) is 0.459. The van der Waals surface area contributed by atoms with E-state index in [2.05, 4.69) is 54.5 Å². The van der Waals surface area contributed by atoms with Crippen LogP contribution in [0.4, 0.5) is 0 Å². The topological polar surface area (TPSA) is 71.7 Å². The second kappa shape index (κ2) is 9.11. The summed E-state index contributed by atoms with van der Waals surface area (Å²) in [7, 11) is 1.74.